The van der Waals surface area contributed by atoms with Crippen molar-refractivity contribution in [2.45, 2.75) is 34.1 Å². The van der Waals surface area contributed by atoms with E-state index in [4.69, 9.17) is 4.74 Å². The van der Waals surface area contributed by atoms with E-state index in [1.807, 2.05) is 0 Å². The number of fused-ring (bicyclic) bond motifs is 2. The SMILES string of the molecule is O=C1/C=C\[C@]2(O)C[C@H](Br)[C@](O)(C[C@@H]1Br)O2. The van der Waals surface area contributed by atoms with Crippen LogP contribution in [0.25, 0.3) is 0 Å². The zero-order valence-electron chi connectivity index (χ0n) is 7.69. The maximum absolute atomic E-state index is 11.5. The van der Waals surface area contributed by atoms with E-state index >= 15 is 0 Å². The first-order chi connectivity index (χ1) is 6.85. The van der Waals surface area contributed by atoms with Gasteiger partial charge in [0.1, 0.15) is 0 Å². The number of carbonyl (C=O) groups excluding carboxylic acids is 1. The molecular weight excluding hydrogens is 332 g/mol. The van der Waals surface area contributed by atoms with Crippen LogP contribution in [0.1, 0.15) is 12.8 Å². The maximum atomic E-state index is 11.5. The summed E-state index contributed by atoms with van der Waals surface area (Å²) in [5.74, 6) is -3.24. The zero-order valence-corrected chi connectivity index (χ0v) is 10.9. The minimum Gasteiger partial charge on any atom is -0.364 e. The molecule has 15 heavy (non-hydrogen) atoms. The Kier molecular flexibility index (Phi) is 2.84. The Morgan fingerprint density at radius 1 is 1.40 bits per heavy atom. The highest BCUT2D eigenvalue weighted by Crippen LogP contribution is 2.44. The van der Waals surface area contributed by atoms with Crippen LogP contribution in [0.4, 0.5) is 0 Å². The molecule has 0 radical (unpaired) electrons. The van der Waals surface area contributed by atoms with Gasteiger partial charge in [0.2, 0.25) is 0 Å². The standard InChI is InChI=1S/C9H10Br2O4/c10-5-3-9(14)7(11)4-8(13,15-9)2-1-6(5)12/h1-2,5,7,13-14H,3-4H2/b2-1-/t5-,7-,8+,9-/m0/s1. The molecule has 6 heteroatoms. The fraction of sp³-hybridized carbons (Fsp3) is 0.667. The van der Waals surface area contributed by atoms with Crippen molar-refractivity contribution in [3.05, 3.63) is 12.2 Å². The van der Waals surface area contributed by atoms with Crippen molar-refractivity contribution in [3.63, 3.8) is 0 Å². The van der Waals surface area contributed by atoms with Crippen LogP contribution in [-0.2, 0) is 9.53 Å². The van der Waals surface area contributed by atoms with Gasteiger partial charge in [0.25, 0.3) is 0 Å². The molecule has 2 rings (SSSR count). The van der Waals surface area contributed by atoms with Crippen molar-refractivity contribution in [2.75, 3.05) is 0 Å². The predicted molar refractivity (Wildman–Crippen MR) is 59.8 cm³/mol. The van der Waals surface area contributed by atoms with E-state index in [2.05, 4.69) is 31.9 Å². The zero-order chi connectivity index (χ0) is 11.3. The average molecular weight is 342 g/mol. The number of alkyl halides is 2. The third kappa shape index (κ3) is 2.06. The summed E-state index contributed by atoms with van der Waals surface area (Å²) in [5.41, 5.74) is 0. The minimum atomic E-state index is -1.55. The molecule has 0 aromatic carbocycles. The first kappa shape index (κ1) is 11.7. The molecule has 1 fully saturated rings. The summed E-state index contributed by atoms with van der Waals surface area (Å²) < 4.78 is 5.20. The normalized spacial score (nSPS) is 52.4. The van der Waals surface area contributed by atoms with Crippen LogP contribution in [0.5, 0.6) is 0 Å². The van der Waals surface area contributed by atoms with Gasteiger partial charge < -0.3 is 14.9 Å². The van der Waals surface area contributed by atoms with E-state index in [1.165, 1.54) is 12.2 Å². The number of carbonyl (C=O) groups is 1. The highest BCUT2D eigenvalue weighted by atomic mass is 79.9. The first-order valence-electron chi connectivity index (χ1n) is 4.51. The molecular formula is C9H10Br2O4. The topological polar surface area (TPSA) is 66.8 Å². The Labute approximate surface area is 104 Å². The Morgan fingerprint density at radius 2 is 2.07 bits per heavy atom. The molecule has 2 heterocycles. The smallest absolute Gasteiger partial charge is 0.190 e. The van der Waals surface area contributed by atoms with Crippen LogP contribution < -0.4 is 0 Å². The van der Waals surface area contributed by atoms with Crippen LogP contribution in [0.3, 0.4) is 0 Å². The molecule has 2 aliphatic rings. The molecule has 0 saturated carbocycles. The highest BCUT2D eigenvalue weighted by molar-refractivity contribution is 9.10. The van der Waals surface area contributed by atoms with Crippen molar-refractivity contribution in [3.8, 4) is 0 Å². The third-order valence-electron chi connectivity index (χ3n) is 2.60. The lowest BCUT2D eigenvalue weighted by Crippen LogP contribution is -2.42. The summed E-state index contributed by atoms with van der Waals surface area (Å²) in [6.45, 7) is 0. The van der Waals surface area contributed by atoms with Crippen molar-refractivity contribution in [1.29, 1.82) is 0 Å². The van der Waals surface area contributed by atoms with Crippen molar-refractivity contribution < 1.29 is 19.7 Å². The number of hydrogen-bond donors (Lipinski definition) is 2. The Morgan fingerprint density at radius 3 is 2.73 bits per heavy atom. The number of rotatable bonds is 0. The van der Waals surface area contributed by atoms with E-state index in [9.17, 15) is 15.0 Å². The molecule has 0 amide bonds. The molecule has 84 valence electrons. The summed E-state index contributed by atoms with van der Waals surface area (Å²) in [6, 6.07) is 0. The Hall–Kier alpha value is 0.250. The lowest BCUT2D eigenvalue weighted by molar-refractivity contribution is -0.269. The second-order valence-corrected chi connectivity index (χ2v) is 6.08. The Balaban J connectivity index is 2.38. The molecule has 1 saturated heterocycles. The number of allylic oxidation sites excluding steroid dienone is 1. The summed E-state index contributed by atoms with van der Waals surface area (Å²) in [7, 11) is 0. The molecule has 0 spiro atoms. The number of ketones is 1. The molecule has 4 nitrogen and oxygen atoms in total. The summed E-state index contributed by atoms with van der Waals surface area (Å²) >= 11 is 6.43. The Bertz CT molecular complexity index is 332. The van der Waals surface area contributed by atoms with Gasteiger partial charge in [-0.25, -0.2) is 0 Å². The number of aliphatic hydroxyl groups is 2. The van der Waals surface area contributed by atoms with Gasteiger partial charge in [-0.2, -0.15) is 0 Å². The molecule has 0 aliphatic carbocycles. The lowest BCUT2D eigenvalue weighted by atomic mass is 10.1. The molecule has 0 aromatic heterocycles. The summed E-state index contributed by atoms with van der Waals surface area (Å²) in [5, 5.41) is 20.0. The van der Waals surface area contributed by atoms with E-state index in [-0.39, 0.29) is 18.6 Å². The number of halogens is 2. The van der Waals surface area contributed by atoms with Gasteiger partial charge in [-0.05, 0) is 12.2 Å². The van der Waals surface area contributed by atoms with E-state index in [0.29, 0.717) is 0 Å². The number of ether oxygens (including phenoxy) is 1. The second-order valence-electron chi connectivity index (χ2n) is 3.87. The minimum absolute atomic E-state index is 0.106. The van der Waals surface area contributed by atoms with Crippen molar-refractivity contribution in [1.82, 2.24) is 0 Å². The third-order valence-corrected chi connectivity index (χ3v) is 4.42. The lowest BCUT2D eigenvalue weighted by Gasteiger charge is -2.30. The number of hydrogen-bond acceptors (Lipinski definition) is 4. The fourth-order valence-corrected chi connectivity index (χ4v) is 3.13. The molecule has 2 aliphatic heterocycles. The average Bonchev–Trinajstić information content (AvgIpc) is 2.34. The van der Waals surface area contributed by atoms with E-state index < -0.39 is 21.2 Å². The quantitative estimate of drug-likeness (QED) is 0.641. The van der Waals surface area contributed by atoms with E-state index in [0.717, 1.165) is 0 Å². The van der Waals surface area contributed by atoms with E-state index in [1.54, 1.807) is 0 Å². The monoisotopic (exact) mass is 340 g/mol. The second kappa shape index (κ2) is 3.63. The highest BCUT2D eigenvalue weighted by Gasteiger charge is 2.54. The van der Waals surface area contributed by atoms with Crippen LogP contribution in [0.15, 0.2) is 12.2 Å². The maximum Gasteiger partial charge on any atom is 0.190 e. The fourth-order valence-electron chi connectivity index (χ4n) is 1.77. The molecule has 0 unspecified atom stereocenters. The van der Waals surface area contributed by atoms with Gasteiger partial charge in [-0.15, -0.1) is 0 Å². The van der Waals surface area contributed by atoms with Gasteiger partial charge in [-0.3, -0.25) is 4.79 Å². The van der Waals surface area contributed by atoms with Gasteiger partial charge in [0, 0.05) is 12.8 Å². The molecule has 2 N–H and O–H groups in total. The van der Waals surface area contributed by atoms with Crippen LogP contribution in [0, 0.1) is 0 Å². The first-order valence-corrected chi connectivity index (χ1v) is 6.34. The van der Waals surface area contributed by atoms with Crippen molar-refractivity contribution >= 4 is 37.6 Å². The molecule has 2 bridgehead atoms. The van der Waals surface area contributed by atoms with Gasteiger partial charge >= 0.3 is 0 Å². The van der Waals surface area contributed by atoms with Crippen molar-refractivity contribution in [2.24, 2.45) is 0 Å². The van der Waals surface area contributed by atoms with Gasteiger partial charge in [0.15, 0.2) is 17.4 Å². The summed E-state index contributed by atoms with van der Waals surface area (Å²) in [4.78, 5) is 10.6. The molecule has 4 atom stereocenters. The summed E-state index contributed by atoms with van der Waals surface area (Å²) in [6.07, 6.45) is 2.89. The van der Waals surface area contributed by atoms with Crippen LogP contribution in [0.2, 0.25) is 0 Å². The molecule has 0 aromatic rings. The van der Waals surface area contributed by atoms with Crippen LogP contribution >= 0.6 is 31.9 Å². The largest absolute Gasteiger partial charge is 0.364 e. The van der Waals surface area contributed by atoms with Gasteiger partial charge in [0.05, 0.1) is 9.65 Å². The van der Waals surface area contributed by atoms with Crippen LogP contribution in [-0.4, -0.2) is 37.2 Å². The van der Waals surface area contributed by atoms with Gasteiger partial charge in [-0.1, -0.05) is 31.9 Å². The predicted octanol–water partition coefficient (Wildman–Crippen LogP) is 0.840.